The van der Waals surface area contributed by atoms with Crippen LogP contribution in [-0.4, -0.2) is 167 Å². The van der Waals surface area contributed by atoms with Gasteiger partial charge in [0, 0.05) is 51.4 Å². The molecule has 16 nitrogen and oxygen atoms in total. The molecule has 3 saturated carbocycles. The van der Waals surface area contributed by atoms with E-state index < -0.39 is 125 Å². The molecule has 22 atom stereocenters. The summed E-state index contributed by atoms with van der Waals surface area (Å²) in [5.74, 6) is -2.75. The molecule has 7 rings (SSSR count). The molecule has 338 valence electrons. The molecule has 6 fully saturated rings. The van der Waals surface area contributed by atoms with Crippen LogP contribution in [0, 0.1) is 22.7 Å². The number of methoxy groups -OCH3 is 3. The Morgan fingerprint density at radius 1 is 0.797 bits per heavy atom. The van der Waals surface area contributed by atoms with Crippen molar-refractivity contribution in [3.05, 3.63) is 11.6 Å². The van der Waals surface area contributed by atoms with Crippen LogP contribution < -0.4 is 0 Å². The maximum atomic E-state index is 12.7. The topological polar surface area (TPSA) is 222 Å². The molecule has 0 amide bonds. The average molecular weight is 843 g/mol. The Kier molecular flexibility index (Phi) is 12.8. The zero-order valence-electron chi connectivity index (χ0n) is 36.3. The Morgan fingerprint density at radius 3 is 2.12 bits per heavy atom. The molecule has 14 unspecified atom stereocenters. The zero-order chi connectivity index (χ0) is 43.2. The van der Waals surface area contributed by atoms with E-state index in [1.807, 2.05) is 33.8 Å². The molecular weight excluding hydrogens is 772 g/mol. The Labute approximate surface area is 347 Å². The van der Waals surface area contributed by atoms with Crippen LogP contribution in [0.3, 0.4) is 0 Å². The summed E-state index contributed by atoms with van der Waals surface area (Å²) >= 11 is 0. The van der Waals surface area contributed by atoms with E-state index in [4.69, 9.17) is 42.6 Å². The van der Waals surface area contributed by atoms with Crippen LogP contribution in [0.15, 0.2) is 11.6 Å². The number of fused-ring (bicyclic) bond motifs is 5. The van der Waals surface area contributed by atoms with Gasteiger partial charge in [-0.15, -0.1) is 0 Å². The highest BCUT2D eigenvalue weighted by molar-refractivity contribution is 5.80. The summed E-state index contributed by atoms with van der Waals surface area (Å²) in [4.78, 5) is 12.7. The van der Waals surface area contributed by atoms with Crippen molar-refractivity contribution < 1.29 is 78.1 Å². The van der Waals surface area contributed by atoms with Crippen LogP contribution in [-0.2, 0) is 47.4 Å². The van der Waals surface area contributed by atoms with Gasteiger partial charge in [0.25, 0.3) is 0 Å². The smallest absolute Gasteiger partial charge is 0.187 e. The van der Waals surface area contributed by atoms with Crippen molar-refractivity contribution in [1.82, 2.24) is 0 Å². The van der Waals surface area contributed by atoms with E-state index in [0.29, 0.717) is 38.5 Å². The minimum atomic E-state index is -1.77. The van der Waals surface area contributed by atoms with Crippen molar-refractivity contribution in [2.75, 3.05) is 21.3 Å². The molecule has 3 heterocycles. The SMILES string of the molecule is COC1CC(C)(O[C@H]2CC[C@@]3(C)C(=CC[C@]4(O)C3[C@H](O)[C@@H](O)[C@]3(C)[C@H](C(C)=O)CC[C@@]34O)C2)OC(C)C1OC1CC(OC)C(OC2OC(C)C(O)C(OC)C2O)C(C)O1. The molecule has 0 radical (unpaired) electrons. The van der Waals surface area contributed by atoms with Gasteiger partial charge < -0.3 is 73.3 Å². The van der Waals surface area contributed by atoms with Gasteiger partial charge in [0.1, 0.15) is 47.5 Å². The van der Waals surface area contributed by atoms with Crippen LogP contribution in [0.4, 0.5) is 0 Å². The number of hydrogen-bond acceptors (Lipinski definition) is 16. The number of ketones is 1. The molecule has 0 aromatic carbocycles. The zero-order valence-corrected chi connectivity index (χ0v) is 36.3. The first kappa shape index (κ1) is 45.8. The number of carbonyl (C=O) groups excluding carboxylic acids is 1. The Bertz CT molecular complexity index is 1560. The predicted molar refractivity (Wildman–Crippen MR) is 207 cm³/mol. The van der Waals surface area contributed by atoms with Crippen molar-refractivity contribution >= 4 is 5.78 Å². The molecule has 59 heavy (non-hydrogen) atoms. The maximum Gasteiger partial charge on any atom is 0.187 e. The number of Topliss-reactive ketones (excluding diaryl/α,β-unsaturated/α-hetero) is 1. The van der Waals surface area contributed by atoms with E-state index in [0.717, 1.165) is 5.57 Å². The quantitative estimate of drug-likeness (QED) is 0.172. The third kappa shape index (κ3) is 7.21. The number of ether oxygens (including phenoxy) is 9. The minimum Gasteiger partial charge on any atom is -0.390 e. The Hall–Kier alpha value is -1.19. The summed E-state index contributed by atoms with van der Waals surface area (Å²) in [5.41, 5.74) is -4.66. The van der Waals surface area contributed by atoms with Crippen LogP contribution in [0.25, 0.3) is 0 Å². The Balaban J connectivity index is 0.996. The lowest BCUT2D eigenvalue weighted by atomic mass is 9.42. The van der Waals surface area contributed by atoms with Gasteiger partial charge in [-0.1, -0.05) is 25.5 Å². The molecule has 0 bridgehead atoms. The lowest BCUT2D eigenvalue weighted by Crippen LogP contribution is -2.79. The normalized spacial score (nSPS) is 55.1. The van der Waals surface area contributed by atoms with Crippen LogP contribution in [0.1, 0.15) is 99.8 Å². The van der Waals surface area contributed by atoms with E-state index in [-0.39, 0.29) is 24.7 Å². The summed E-state index contributed by atoms with van der Waals surface area (Å²) in [5, 5.41) is 69.7. The minimum absolute atomic E-state index is 0.0813. The molecule has 3 saturated heterocycles. The molecule has 7 aliphatic rings. The average Bonchev–Trinajstić information content (AvgIpc) is 3.47. The van der Waals surface area contributed by atoms with E-state index >= 15 is 0 Å². The van der Waals surface area contributed by atoms with Gasteiger partial charge in [-0.05, 0) is 78.6 Å². The molecule has 3 aliphatic heterocycles. The van der Waals surface area contributed by atoms with Gasteiger partial charge in [0.15, 0.2) is 18.4 Å². The monoisotopic (exact) mass is 842 g/mol. The second kappa shape index (κ2) is 16.4. The first-order valence-electron chi connectivity index (χ1n) is 21.6. The van der Waals surface area contributed by atoms with Gasteiger partial charge in [-0.2, -0.15) is 0 Å². The highest BCUT2D eigenvalue weighted by Crippen LogP contribution is 2.69. The summed E-state index contributed by atoms with van der Waals surface area (Å²) < 4.78 is 55.5. The lowest BCUT2D eigenvalue weighted by molar-refractivity contribution is -0.364. The third-order valence-corrected chi connectivity index (χ3v) is 16.1. The number of aliphatic hydroxyl groups is 6. The lowest BCUT2D eigenvalue weighted by Gasteiger charge is -2.67. The summed E-state index contributed by atoms with van der Waals surface area (Å²) in [7, 11) is 4.61. The van der Waals surface area contributed by atoms with E-state index in [9.17, 15) is 35.4 Å². The largest absolute Gasteiger partial charge is 0.390 e. The fourth-order valence-corrected chi connectivity index (χ4v) is 12.9. The molecule has 0 aromatic rings. The van der Waals surface area contributed by atoms with Crippen molar-refractivity contribution in [1.29, 1.82) is 0 Å². The summed E-state index contributed by atoms with van der Waals surface area (Å²) in [6, 6.07) is 0. The van der Waals surface area contributed by atoms with E-state index in [1.165, 1.54) is 14.0 Å². The number of rotatable bonds is 10. The predicted octanol–water partition coefficient (Wildman–Crippen LogP) is 1.65. The third-order valence-electron chi connectivity index (χ3n) is 16.1. The van der Waals surface area contributed by atoms with Gasteiger partial charge in [-0.3, -0.25) is 4.79 Å². The van der Waals surface area contributed by atoms with E-state index in [1.54, 1.807) is 28.1 Å². The molecule has 16 heteroatoms. The summed E-state index contributed by atoms with van der Waals surface area (Å²) in [6.07, 6.45) is -6.85. The fourth-order valence-electron chi connectivity index (χ4n) is 12.9. The van der Waals surface area contributed by atoms with Crippen molar-refractivity contribution in [3.8, 4) is 0 Å². The van der Waals surface area contributed by atoms with Gasteiger partial charge in [0.2, 0.25) is 0 Å². The molecular formula is C43H70O16. The fraction of sp³-hybridized carbons (Fsp3) is 0.930. The van der Waals surface area contributed by atoms with Crippen LogP contribution in [0.5, 0.6) is 0 Å². The van der Waals surface area contributed by atoms with Gasteiger partial charge in [-0.25, -0.2) is 0 Å². The highest BCUT2D eigenvalue weighted by atomic mass is 16.8. The maximum absolute atomic E-state index is 12.7. The molecule has 4 aliphatic carbocycles. The second-order valence-electron chi connectivity index (χ2n) is 19.3. The van der Waals surface area contributed by atoms with Crippen LogP contribution in [0.2, 0.25) is 0 Å². The molecule has 6 N–H and O–H groups in total. The summed E-state index contributed by atoms with van der Waals surface area (Å²) in [6.45, 7) is 12.4. The molecule has 0 aromatic heterocycles. The second-order valence-corrected chi connectivity index (χ2v) is 19.3. The number of hydrogen-bond donors (Lipinski definition) is 6. The van der Waals surface area contributed by atoms with Crippen LogP contribution >= 0.6 is 0 Å². The van der Waals surface area contributed by atoms with Crippen molar-refractivity contribution in [2.24, 2.45) is 22.7 Å². The van der Waals surface area contributed by atoms with Gasteiger partial charge in [0.05, 0.1) is 48.8 Å². The first-order valence-corrected chi connectivity index (χ1v) is 21.6. The van der Waals surface area contributed by atoms with Crippen molar-refractivity contribution in [2.45, 2.75) is 209 Å². The molecule has 0 spiro atoms. The van der Waals surface area contributed by atoms with Gasteiger partial charge >= 0.3 is 0 Å². The first-order chi connectivity index (χ1) is 27.6. The Morgan fingerprint density at radius 2 is 1.47 bits per heavy atom. The van der Waals surface area contributed by atoms with E-state index in [2.05, 4.69) is 0 Å². The standard InChI is InChI=1S/C43H70O16/c1-20(44)26-13-16-43(50)41(26,7)37(48)32(47)36-39(5)14-12-25(17-24(39)11-15-42(36,43)49)59-40(6)19-28(52-9)34(23(4)58-40)56-29-18-27(51-8)33(22(3)54-29)57-38-31(46)35(53-10)30(45)21(2)55-38/h11,21-23,25-38,45-50H,12-19H2,1-10H3/t21?,22?,23?,25-,26-,27?,28?,29?,30?,31?,32-,33?,34?,35?,36?,37+,38?,39-,40?,41-,42-,43+/m0/s1. The highest BCUT2D eigenvalue weighted by Gasteiger charge is 2.78. The van der Waals surface area contributed by atoms with Crippen molar-refractivity contribution in [3.63, 3.8) is 0 Å². The number of aliphatic hydroxyl groups excluding tert-OH is 4. The number of carbonyl (C=O) groups is 1.